The molecule has 0 spiro atoms. The molecule has 0 aromatic heterocycles. The van der Waals surface area contributed by atoms with Crippen molar-refractivity contribution in [3.05, 3.63) is 59.0 Å². The van der Waals surface area contributed by atoms with Crippen molar-refractivity contribution in [2.45, 2.75) is 6.92 Å². The van der Waals surface area contributed by atoms with E-state index in [1.807, 2.05) is 31.2 Å². The number of nitrogens with one attached hydrogen (secondary N) is 1. The molecule has 6 heteroatoms. The summed E-state index contributed by atoms with van der Waals surface area (Å²) < 4.78 is 5.54. The minimum absolute atomic E-state index is 0.190. The van der Waals surface area contributed by atoms with E-state index in [-0.39, 0.29) is 11.7 Å². The van der Waals surface area contributed by atoms with Gasteiger partial charge in [0.15, 0.2) is 5.17 Å². The van der Waals surface area contributed by atoms with Crippen LogP contribution in [0.1, 0.15) is 12.5 Å². The maximum Gasteiger partial charge on any atom is 0.264 e. The molecule has 1 aliphatic heterocycles. The first-order valence-corrected chi connectivity index (χ1v) is 8.28. The molecule has 0 saturated carbocycles. The maximum atomic E-state index is 12.1. The number of thioether (sulfide) groups is 1. The molecule has 1 amide bonds. The van der Waals surface area contributed by atoms with Crippen LogP contribution in [0.15, 0.2) is 58.4 Å². The van der Waals surface area contributed by atoms with E-state index < -0.39 is 0 Å². The lowest BCUT2D eigenvalue weighted by Crippen LogP contribution is -2.19. The topological polar surface area (TPSA) is 70.9 Å². The van der Waals surface area contributed by atoms with Crippen molar-refractivity contribution in [1.82, 2.24) is 5.32 Å². The zero-order valence-corrected chi connectivity index (χ0v) is 13.8. The molecule has 0 radical (unpaired) electrons. The zero-order valence-electron chi connectivity index (χ0n) is 13.0. The van der Waals surface area contributed by atoms with E-state index in [1.54, 1.807) is 30.3 Å². The first kappa shape index (κ1) is 16.1. The lowest BCUT2D eigenvalue weighted by molar-refractivity contribution is -0.115. The lowest BCUT2D eigenvalue weighted by atomic mass is 10.2. The first-order chi connectivity index (χ1) is 11.7. The van der Waals surface area contributed by atoms with Crippen LogP contribution in [-0.4, -0.2) is 22.8 Å². The third kappa shape index (κ3) is 3.78. The number of phenols is 1. The van der Waals surface area contributed by atoms with Gasteiger partial charge in [0.2, 0.25) is 0 Å². The Kier molecular flexibility index (Phi) is 4.86. The molecule has 2 N–H and O–H groups in total. The van der Waals surface area contributed by atoms with Gasteiger partial charge in [0, 0.05) is 0 Å². The van der Waals surface area contributed by atoms with Gasteiger partial charge < -0.3 is 15.2 Å². The van der Waals surface area contributed by atoms with Crippen LogP contribution in [0.4, 0.5) is 5.69 Å². The normalized spacial score (nSPS) is 17.3. The zero-order chi connectivity index (χ0) is 16.9. The number of aromatic hydroxyl groups is 1. The number of amides is 1. The van der Waals surface area contributed by atoms with Crippen LogP contribution in [0.5, 0.6) is 11.5 Å². The first-order valence-electron chi connectivity index (χ1n) is 7.46. The van der Waals surface area contributed by atoms with Gasteiger partial charge in [0.05, 0.1) is 11.5 Å². The summed E-state index contributed by atoms with van der Waals surface area (Å²) in [5, 5.41) is 12.6. The van der Waals surface area contributed by atoms with Gasteiger partial charge in [-0.15, -0.1) is 0 Å². The van der Waals surface area contributed by atoms with E-state index in [1.165, 1.54) is 11.8 Å². The summed E-state index contributed by atoms with van der Waals surface area (Å²) in [5.74, 6) is 0.675. The molecule has 5 nitrogen and oxygen atoms in total. The van der Waals surface area contributed by atoms with E-state index >= 15 is 0 Å². The van der Waals surface area contributed by atoms with Crippen LogP contribution < -0.4 is 10.1 Å². The molecule has 1 aliphatic rings. The Hall–Kier alpha value is -2.73. The highest BCUT2D eigenvalue weighted by molar-refractivity contribution is 8.18. The van der Waals surface area contributed by atoms with E-state index in [0.29, 0.717) is 28.1 Å². The monoisotopic (exact) mass is 340 g/mol. The fourth-order valence-electron chi connectivity index (χ4n) is 2.14. The number of phenolic OH excluding ortho intramolecular Hbond substituents is 1. The van der Waals surface area contributed by atoms with Gasteiger partial charge in [0.25, 0.3) is 5.91 Å². The molecule has 24 heavy (non-hydrogen) atoms. The van der Waals surface area contributed by atoms with Crippen LogP contribution in [-0.2, 0) is 4.79 Å². The second-order valence-electron chi connectivity index (χ2n) is 4.97. The Morgan fingerprint density at radius 2 is 1.96 bits per heavy atom. The predicted molar refractivity (Wildman–Crippen MR) is 96.5 cm³/mol. The average Bonchev–Trinajstić information content (AvgIpc) is 2.91. The average molecular weight is 340 g/mol. The number of para-hydroxylation sites is 2. The van der Waals surface area contributed by atoms with E-state index in [2.05, 4.69) is 10.3 Å². The summed E-state index contributed by atoms with van der Waals surface area (Å²) in [5.41, 5.74) is 1.51. The number of hydrogen-bond acceptors (Lipinski definition) is 5. The SMILES string of the molecule is CCOc1ccccc1N=C1NC(=O)/C(=C/c2ccc(O)cc2)S1. The van der Waals surface area contributed by atoms with Crippen LogP contribution in [0, 0.1) is 0 Å². The molecule has 0 unspecified atom stereocenters. The molecular weight excluding hydrogens is 324 g/mol. The van der Waals surface area contributed by atoms with E-state index in [0.717, 1.165) is 5.56 Å². The summed E-state index contributed by atoms with van der Waals surface area (Å²) in [6, 6.07) is 14.1. The Morgan fingerprint density at radius 3 is 2.71 bits per heavy atom. The number of carbonyl (C=O) groups is 1. The van der Waals surface area contributed by atoms with Crippen LogP contribution in [0.25, 0.3) is 6.08 Å². The molecule has 0 atom stereocenters. The van der Waals surface area contributed by atoms with Gasteiger partial charge >= 0.3 is 0 Å². The van der Waals surface area contributed by atoms with Crippen molar-refractivity contribution < 1.29 is 14.6 Å². The van der Waals surface area contributed by atoms with Gasteiger partial charge in [-0.05, 0) is 54.6 Å². The van der Waals surface area contributed by atoms with Crippen LogP contribution in [0.2, 0.25) is 0 Å². The van der Waals surface area contributed by atoms with Gasteiger partial charge in [-0.2, -0.15) is 0 Å². The molecule has 122 valence electrons. The molecule has 3 rings (SSSR count). The molecular formula is C18H16N2O3S. The Labute approximate surface area is 144 Å². The second-order valence-corrected chi connectivity index (χ2v) is 6.00. The van der Waals surface area contributed by atoms with Gasteiger partial charge in [-0.25, -0.2) is 4.99 Å². The third-order valence-corrected chi connectivity index (χ3v) is 4.14. The predicted octanol–water partition coefficient (Wildman–Crippen LogP) is 3.68. The number of amidine groups is 1. The van der Waals surface area contributed by atoms with Gasteiger partial charge in [-0.3, -0.25) is 4.79 Å². The number of ether oxygens (including phenoxy) is 1. The Morgan fingerprint density at radius 1 is 1.21 bits per heavy atom. The summed E-state index contributed by atoms with van der Waals surface area (Å²) in [6.45, 7) is 2.46. The van der Waals surface area contributed by atoms with Crippen LogP contribution >= 0.6 is 11.8 Å². The third-order valence-electron chi connectivity index (χ3n) is 3.23. The number of nitrogens with zero attached hydrogens (tertiary/aromatic N) is 1. The number of hydrogen-bond donors (Lipinski definition) is 2. The smallest absolute Gasteiger partial charge is 0.264 e. The minimum atomic E-state index is -0.194. The number of rotatable bonds is 4. The minimum Gasteiger partial charge on any atom is -0.508 e. The van der Waals surface area contributed by atoms with Gasteiger partial charge in [0.1, 0.15) is 17.2 Å². The summed E-state index contributed by atoms with van der Waals surface area (Å²) in [4.78, 5) is 17.1. The quantitative estimate of drug-likeness (QED) is 0.833. The number of benzene rings is 2. The van der Waals surface area contributed by atoms with E-state index in [4.69, 9.17) is 4.74 Å². The highest BCUT2D eigenvalue weighted by Crippen LogP contribution is 2.32. The largest absolute Gasteiger partial charge is 0.508 e. The molecule has 1 heterocycles. The van der Waals surface area contributed by atoms with Gasteiger partial charge in [-0.1, -0.05) is 24.3 Å². The van der Waals surface area contributed by atoms with Crippen molar-refractivity contribution in [2.24, 2.45) is 4.99 Å². The van der Waals surface area contributed by atoms with Crippen molar-refractivity contribution in [3.63, 3.8) is 0 Å². The van der Waals surface area contributed by atoms with E-state index in [9.17, 15) is 9.90 Å². The standard InChI is InChI=1S/C18H16N2O3S/c1-2-23-15-6-4-3-5-14(15)19-18-20-17(22)16(24-18)11-12-7-9-13(21)10-8-12/h3-11,21H,2H2,1H3,(H,19,20,22)/b16-11-. The second kappa shape index (κ2) is 7.23. The number of aliphatic imine (C=N–C) groups is 1. The fourth-order valence-corrected chi connectivity index (χ4v) is 2.97. The van der Waals surface area contributed by atoms with Crippen molar-refractivity contribution in [2.75, 3.05) is 6.61 Å². The van der Waals surface area contributed by atoms with Crippen molar-refractivity contribution in [1.29, 1.82) is 0 Å². The summed E-state index contributed by atoms with van der Waals surface area (Å²) in [6.07, 6.45) is 1.76. The summed E-state index contributed by atoms with van der Waals surface area (Å²) >= 11 is 1.27. The fraction of sp³-hybridized carbons (Fsp3) is 0.111. The lowest BCUT2D eigenvalue weighted by Gasteiger charge is -2.06. The highest BCUT2D eigenvalue weighted by Gasteiger charge is 2.24. The summed E-state index contributed by atoms with van der Waals surface area (Å²) in [7, 11) is 0. The van der Waals surface area contributed by atoms with Crippen LogP contribution in [0.3, 0.4) is 0 Å². The molecule has 0 aliphatic carbocycles. The highest BCUT2D eigenvalue weighted by atomic mass is 32.2. The van der Waals surface area contributed by atoms with Crippen molar-refractivity contribution >= 4 is 34.6 Å². The molecule has 0 bridgehead atoms. The number of carbonyl (C=O) groups excluding carboxylic acids is 1. The molecule has 2 aromatic rings. The molecule has 2 aromatic carbocycles. The molecule has 1 fully saturated rings. The Bertz CT molecular complexity index is 813. The Balaban J connectivity index is 1.83. The van der Waals surface area contributed by atoms with Crippen molar-refractivity contribution in [3.8, 4) is 11.5 Å². The molecule has 1 saturated heterocycles. The maximum absolute atomic E-state index is 12.1.